The number of esters is 1. The van der Waals surface area contributed by atoms with Crippen molar-refractivity contribution in [2.45, 2.75) is 6.92 Å². The summed E-state index contributed by atoms with van der Waals surface area (Å²) in [7, 11) is 0. The highest BCUT2D eigenvalue weighted by molar-refractivity contribution is 9.10. The van der Waals surface area contributed by atoms with Crippen LogP contribution >= 0.6 is 15.9 Å². The Morgan fingerprint density at radius 3 is 2.86 bits per heavy atom. The molecule has 1 saturated heterocycles. The first-order valence-electron chi connectivity index (χ1n) is 7.10. The first-order valence-corrected chi connectivity index (χ1v) is 7.89. The normalized spacial score (nSPS) is 15.7. The Bertz CT molecular complexity index is 475. The number of benzene rings is 1. The molecule has 0 spiro atoms. The molecule has 0 bridgehead atoms. The first kappa shape index (κ1) is 16.3. The number of halogens is 1. The molecule has 1 heterocycles. The van der Waals surface area contributed by atoms with Crippen LogP contribution in [0.5, 0.6) is 5.75 Å². The standard InChI is InChI=1S/C15H20BrNO4/c1-2-20-15(18)12-3-4-13(16)14(11-12)21-10-7-17-5-8-19-9-6-17/h3-4,11H,2,5-10H2,1H3. The lowest BCUT2D eigenvalue weighted by Crippen LogP contribution is -2.38. The molecular weight excluding hydrogens is 338 g/mol. The van der Waals surface area contributed by atoms with Crippen LogP contribution < -0.4 is 4.74 Å². The van der Waals surface area contributed by atoms with E-state index in [1.807, 2.05) is 0 Å². The maximum atomic E-state index is 11.7. The molecule has 21 heavy (non-hydrogen) atoms. The predicted octanol–water partition coefficient (Wildman–Crippen LogP) is 2.34. The minimum Gasteiger partial charge on any atom is -0.491 e. The van der Waals surface area contributed by atoms with Crippen molar-refractivity contribution in [3.63, 3.8) is 0 Å². The van der Waals surface area contributed by atoms with Gasteiger partial charge in [-0.05, 0) is 41.1 Å². The summed E-state index contributed by atoms with van der Waals surface area (Å²) in [5, 5.41) is 0. The first-order chi connectivity index (χ1) is 10.2. The Kier molecular flexibility index (Phi) is 6.48. The largest absolute Gasteiger partial charge is 0.491 e. The van der Waals surface area contributed by atoms with Gasteiger partial charge in [0.25, 0.3) is 0 Å². The Hall–Kier alpha value is -1.11. The van der Waals surface area contributed by atoms with Crippen molar-refractivity contribution >= 4 is 21.9 Å². The van der Waals surface area contributed by atoms with Gasteiger partial charge in [-0.3, -0.25) is 4.90 Å². The topological polar surface area (TPSA) is 48.0 Å². The van der Waals surface area contributed by atoms with E-state index in [9.17, 15) is 4.79 Å². The summed E-state index contributed by atoms with van der Waals surface area (Å²) in [6.45, 7) is 7.01. The highest BCUT2D eigenvalue weighted by Gasteiger charge is 2.12. The van der Waals surface area contributed by atoms with Gasteiger partial charge in [0.1, 0.15) is 12.4 Å². The summed E-state index contributed by atoms with van der Waals surface area (Å²) in [4.78, 5) is 14.0. The zero-order valence-corrected chi connectivity index (χ0v) is 13.7. The number of rotatable bonds is 6. The van der Waals surface area contributed by atoms with Crippen molar-refractivity contribution in [3.05, 3.63) is 28.2 Å². The Morgan fingerprint density at radius 1 is 1.38 bits per heavy atom. The zero-order chi connectivity index (χ0) is 15.1. The van der Waals surface area contributed by atoms with Gasteiger partial charge in [-0.1, -0.05) is 0 Å². The molecule has 0 unspecified atom stereocenters. The van der Waals surface area contributed by atoms with E-state index in [0.717, 1.165) is 37.3 Å². The van der Waals surface area contributed by atoms with E-state index in [0.29, 0.717) is 24.5 Å². The Morgan fingerprint density at radius 2 is 2.14 bits per heavy atom. The van der Waals surface area contributed by atoms with Crippen LogP contribution in [0, 0.1) is 0 Å². The summed E-state index contributed by atoms with van der Waals surface area (Å²) in [5.41, 5.74) is 0.501. The maximum absolute atomic E-state index is 11.7. The number of hydrogen-bond acceptors (Lipinski definition) is 5. The molecule has 1 aromatic rings. The molecule has 5 nitrogen and oxygen atoms in total. The zero-order valence-electron chi connectivity index (χ0n) is 12.1. The summed E-state index contributed by atoms with van der Waals surface area (Å²) < 4.78 is 16.9. The fourth-order valence-electron chi connectivity index (χ4n) is 2.06. The lowest BCUT2D eigenvalue weighted by molar-refractivity contribution is 0.0321. The van der Waals surface area contributed by atoms with E-state index in [1.165, 1.54) is 0 Å². The molecule has 0 N–H and O–H groups in total. The Labute approximate surface area is 133 Å². The fourth-order valence-corrected chi connectivity index (χ4v) is 2.43. The fraction of sp³-hybridized carbons (Fsp3) is 0.533. The smallest absolute Gasteiger partial charge is 0.338 e. The second-order valence-corrected chi connectivity index (χ2v) is 5.52. The summed E-state index contributed by atoms with van der Waals surface area (Å²) in [6.07, 6.45) is 0. The van der Waals surface area contributed by atoms with Crippen LogP contribution in [0.3, 0.4) is 0 Å². The number of carbonyl (C=O) groups is 1. The van der Waals surface area contributed by atoms with E-state index < -0.39 is 0 Å². The summed E-state index contributed by atoms with van der Waals surface area (Å²) >= 11 is 3.43. The summed E-state index contributed by atoms with van der Waals surface area (Å²) in [6, 6.07) is 5.23. The number of carbonyl (C=O) groups excluding carboxylic acids is 1. The molecule has 1 aliphatic heterocycles. The highest BCUT2D eigenvalue weighted by atomic mass is 79.9. The average molecular weight is 358 g/mol. The van der Waals surface area contributed by atoms with Crippen molar-refractivity contribution in [1.82, 2.24) is 4.90 Å². The molecule has 0 aliphatic carbocycles. The van der Waals surface area contributed by atoms with E-state index in [4.69, 9.17) is 14.2 Å². The summed E-state index contributed by atoms with van der Waals surface area (Å²) in [5.74, 6) is 0.330. The molecule has 0 amide bonds. The van der Waals surface area contributed by atoms with Gasteiger partial charge in [0.05, 0.1) is 29.9 Å². The Balaban J connectivity index is 1.89. The second kappa shape index (κ2) is 8.36. The third-order valence-electron chi connectivity index (χ3n) is 3.21. The molecule has 1 aromatic carbocycles. The quantitative estimate of drug-likeness (QED) is 0.731. The average Bonchev–Trinajstić information content (AvgIpc) is 2.50. The number of hydrogen-bond donors (Lipinski definition) is 0. The molecule has 1 fully saturated rings. The van der Waals surface area contributed by atoms with Gasteiger partial charge in [-0.25, -0.2) is 4.79 Å². The lowest BCUT2D eigenvalue weighted by atomic mass is 10.2. The van der Waals surface area contributed by atoms with Crippen LogP contribution in [0.2, 0.25) is 0 Å². The van der Waals surface area contributed by atoms with Gasteiger partial charge in [-0.2, -0.15) is 0 Å². The number of ether oxygens (including phenoxy) is 3. The molecule has 0 atom stereocenters. The third kappa shape index (κ3) is 4.98. The number of morpholine rings is 1. The molecule has 116 valence electrons. The number of nitrogens with zero attached hydrogens (tertiary/aromatic N) is 1. The third-order valence-corrected chi connectivity index (χ3v) is 3.87. The van der Waals surface area contributed by atoms with E-state index in [1.54, 1.807) is 25.1 Å². The van der Waals surface area contributed by atoms with Crippen molar-refractivity contribution in [2.24, 2.45) is 0 Å². The second-order valence-electron chi connectivity index (χ2n) is 4.67. The molecule has 2 rings (SSSR count). The van der Waals surface area contributed by atoms with Gasteiger partial charge in [0.15, 0.2) is 0 Å². The van der Waals surface area contributed by atoms with Gasteiger partial charge >= 0.3 is 5.97 Å². The van der Waals surface area contributed by atoms with Crippen molar-refractivity contribution in [3.8, 4) is 5.75 Å². The van der Waals surface area contributed by atoms with E-state index in [-0.39, 0.29) is 5.97 Å². The minimum absolute atomic E-state index is 0.331. The van der Waals surface area contributed by atoms with Gasteiger partial charge in [0.2, 0.25) is 0 Å². The molecule has 0 aromatic heterocycles. The maximum Gasteiger partial charge on any atom is 0.338 e. The molecule has 0 radical (unpaired) electrons. The van der Waals surface area contributed by atoms with Crippen LogP contribution in [0.1, 0.15) is 17.3 Å². The molecule has 1 aliphatic rings. The van der Waals surface area contributed by atoms with Crippen molar-refractivity contribution in [1.29, 1.82) is 0 Å². The van der Waals surface area contributed by atoms with Gasteiger partial charge < -0.3 is 14.2 Å². The van der Waals surface area contributed by atoms with Crippen LogP contribution in [0.25, 0.3) is 0 Å². The van der Waals surface area contributed by atoms with Crippen LogP contribution in [-0.2, 0) is 9.47 Å². The lowest BCUT2D eigenvalue weighted by Gasteiger charge is -2.26. The van der Waals surface area contributed by atoms with E-state index >= 15 is 0 Å². The van der Waals surface area contributed by atoms with Crippen LogP contribution in [0.4, 0.5) is 0 Å². The highest BCUT2D eigenvalue weighted by Crippen LogP contribution is 2.26. The molecular formula is C15H20BrNO4. The SMILES string of the molecule is CCOC(=O)c1ccc(Br)c(OCCN2CCOCC2)c1. The van der Waals surface area contributed by atoms with Crippen LogP contribution in [0.15, 0.2) is 22.7 Å². The van der Waals surface area contributed by atoms with Gasteiger partial charge in [0, 0.05) is 19.6 Å². The van der Waals surface area contributed by atoms with Crippen LogP contribution in [-0.4, -0.2) is 56.9 Å². The van der Waals surface area contributed by atoms with Gasteiger partial charge in [-0.15, -0.1) is 0 Å². The monoisotopic (exact) mass is 357 g/mol. The van der Waals surface area contributed by atoms with E-state index in [2.05, 4.69) is 20.8 Å². The van der Waals surface area contributed by atoms with Crippen molar-refractivity contribution < 1.29 is 19.0 Å². The molecule has 0 saturated carbocycles. The minimum atomic E-state index is -0.331. The van der Waals surface area contributed by atoms with Crippen molar-refractivity contribution in [2.75, 3.05) is 46.1 Å². The molecule has 6 heteroatoms. The predicted molar refractivity (Wildman–Crippen MR) is 82.9 cm³/mol.